The fourth-order valence-electron chi connectivity index (χ4n) is 3.12. The molecule has 2 heterocycles. The van der Waals surface area contributed by atoms with Crippen LogP contribution in [0.5, 0.6) is 11.5 Å². The van der Waals surface area contributed by atoms with E-state index in [0.29, 0.717) is 24.5 Å². The number of ether oxygens (including phenoxy) is 2. The van der Waals surface area contributed by atoms with Gasteiger partial charge in [-0.2, -0.15) is 4.31 Å². The maximum Gasteiger partial charge on any atom is 0.254 e. The van der Waals surface area contributed by atoms with Crippen molar-refractivity contribution < 1.29 is 17.9 Å². The number of nitrogens with zero attached hydrogens (tertiary/aromatic N) is 2. The Morgan fingerprint density at radius 1 is 1.11 bits per heavy atom. The standard InChI is InChI=1S/C20H26N2O5S/c1-14(2)26-16-5-7-19(8-6-16)28(24,25)22-10-9-17(13-22)27-18-11-15(3)21(4)20(23)12-18/h5-8,11-12,14,17H,9-10,13H2,1-4H3. The number of aryl methyl sites for hydroxylation is 1. The van der Waals surface area contributed by atoms with Crippen LogP contribution >= 0.6 is 0 Å². The minimum Gasteiger partial charge on any atom is -0.491 e. The van der Waals surface area contributed by atoms with Crippen molar-refractivity contribution >= 4 is 10.0 Å². The van der Waals surface area contributed by atoms with E-state index >= 15 is 0 Å². The van der Waals surface area contributed by atoms with Crippen LogP contribution in [0.4, 0.5) is 0 Å². The SMILES string of the molecule is Cc1cc(OC2CCN(S(=O)(=O)c3ccc(OC(C)C)cc3)C2)cc(=O)n1C. The number of aromatic nitrogens is 1. The first-order valence-electron chi connectivity index (χ1n) is 9.28. The van der Waals surface area contributed by atoms with E-state index in [-0.39, 0.29) is 29.2 Å². The summed E-state index contributed by atoms with van der Waals surface area (Å²) >= 11 is 0. The van der Waals surface area contributed by atoms with Crippen LogP contribution in [0, 0.1) is 6.92 Å². The number of benzene rings is 1. The Kier molecular flexibility index (Phi) is 5.81. The second kappa shape index (κ2) is 7.97. The first-order valence-corrected chi connectivity index (χ1v) is 10.7. The fraction of sp³-hybridized carbons (Fsp3) is 0.450. The topological polar surface area (TPSA) is 77.8 Å². The fourth-order valence-corrected chi connectivity index (χ4v) is 4.61. The summed E-state index contributed by atoms with van der Waals surface area (Å²) in [5.74, 6) is 1.11. The molecule has 152 valence electrons. The average Bonchev–Trinajstić information content (AvgIpc) is 3.09. The van der Waals surface area contributed by atoms with Gasteiger partial charge in [-0.25, -0.2) is 8.42 Å². The van der Waals surface area contributed by atoms with Crippen molar-refractivity contribution in [2.24, 2.45) is 7.05 Å². The number of rotatable bonds is 6. The van der Waals surface area contributed by atoms with Crippen LogP contribution in [-0.4, -0.2) is 42.6 Å². The molecule has 1 fully saturated rings. The zero-order valence-corrected chi connectivity index (χ0v) is 17.4. The highest BCUT2D eigenvalue weighted by Crippen LogP contribution is 2.25. The molecule has 1 aromatic heterocycles. The normalized spacial score (nSPS) is 17.8. The molecule has 8 heteroatoms. The summed E-state index contributed by atoms with van der Waals surface area (Å²) in [6, 6.07) is 9.67. The second-order valence-corrected chi connectivity index (χ2v) is 9.20. The molecule has 0 saturated carbocycles. The largest absolute Gasteiger partial charge is 0.491 e. The summed E-state index contributed by atoms with van der Waals surface area (Å²) in [5, 5.41) is 0. The zero-order valence-electron chi connectivity index (χ0n) is 16.6. The van der Waals surface area contributed by atoms with Crippen molar-refractivity contribution in [2.75, 3.05) is 13.1 Å². The third-order valence-electron chi connectivity index (χ3n) is 4.72. The van der Waals surface area contributed by atoms with Crippen molar-refractivity contribution in [3.05, 3.63) is 52.4 Å². The Hall–Kier alpha value is -2.32. The van der Waals surface area contributed by atoms with Gasteiger partial charge in [-0.15, -0.1) is 0 Å². The summed E-state index contributed by atoms with van der Waals surface area (Å²) in [5.41, 5.74) is 0.634. The van der Waals surface area contributed by atoms with Gasteiger partial charge in [-0.3, -0.25) is 4.79 Å². The minimum absolute atomic E-state index is 0.0254. The van der Waals surface area contributed by atoms with E-state index in [1.54, 1.807) is 37.4 Å². The van der Waals surface area contributed by atoms with Gasteiger partial charge >= 0.3 is 0 Å². The van der Waals surface area contributed by atoms with Gasteiger partial charge < -0.3 is 14.0 Å². The van der Waals surface area contributed by atoms with Gasteiger partial charge in [-0.1, -0.05) is 0 Å². The summed E-state index contributed by atoms with van der Waals surface area (Å²) < 4.78 is 40.2. The average molecular weight is 407 g/mol. The molecule has 3 rings (SSSR count). The van der Waals surface area contributed by atoms with Gasteiger partial charge in [0, 0.05) is 25.4 Å². The van der Waals surface area contributed by atoms with Crippen LogP contribution in [0.2, 0.25) is 0 Å². The van der Waals surface area contributed by atoms with Crippen molar-refractivity contribution in [1.29, 1.82) is 0 Å². The van der Waals surface area contributed by atoms with Gasteiger partial charge in [0.15, 0.2) is 0 Å². The summed E-state index contributed by atoms with van der Waals surface area (Å²) in [6.07, 6.45) is 0.310. The lowest BCUT2D eigenvalue weighted by Gasteiger charge is -2.18. The molecule has 1 saturated heterocycles. The lowest BCUT2D eigenvalue weighted by Crippen LogP contribution is -2.31. The van der Waals surface area contributed by atoms with Crippen LogP contribution in [0.25, 0.3) is 0 Å². The molecular weight excluding hydrogens is 380 g/mol. The van der Waals surface area contributed by atoms with Crippen molar-refractivity contribution in [3.8, 4) is 11.5 Å². The lowest BCUT2D eigenvalue weighted by atomic mass is 10.3. The van der Waals surface area contributed by atoms with Gasteiger partial charge in [0.1, 0.15) is 17.6 Å². The van der Waals surface area contributed by atoms with Gasteiger partial charge in [0.05, 0.1) is 17.5 Å². The smallest absolute Gasteiger partial charge is 0.254 e. The summed E-state index contributed by atoms with van der Waals surface area (Å²) in [7, 11) is -1.90. The molecule has 1 unspecified atom stereocenters. The van der Waals surface area contributed by atoms with E-state index in [9.17, 15) is 13.2 Å². The molecule has 0 radical (unpaired) electrons. The molecular formula is C20H26N2O5S. The molecule has 7 nitrogen and oxygen atoms in total. The van der Waals surface area contributed by atoms with Crippen LogP contribution in [0.15, 0.2) is 46.1 Å². The summed E-state index contributed by atoms with van der Waals surface area (Å²) in [4.78, 5) is 12.1. The molecule has 0 spiro atoms. The van der Waals surface area contributed by atoms with Crippen LogP contribution in [0.1, 0.15) is 26.0 Å². The van der Waals surface area contributed by atoms with Gasteiger partial charge in [0.2, 0.25) is 10.0 Å². The molecule has 28 heavy (non-hydrogen) atoms. The molecule has 0 amide bonds. The predicted octanol–water partition coefficient (Wildman–Crippen LogP) is 2.32. The Morgan fingerprint density at radius 3 is 2.39 bits per heavy atom. The van der Waals surface area contributed by atoms with E-state index in [1.165, 1.54) is 14.9 Å². The van der Waals surface area contributed by atoms with Gasteiger partial charge in [0.25, 0.3) is 5.56 Å². The van der Waals surface area contributed by atoms with Gasteiger partial charge in [-0.05, 0) is 57.5 Å². The maximum absolute atomic E-state index is 12.9. The highest BCUT2D eigenvalue weighted by atomic mass is 32.2. The molecule has 1 aliphatic rings. The molecule has 0 N–H and O–H groups in total. The highest BCUT2D eigenvalue weighted by molar-refractivity contribution is 7.89. The Morgan fingerprint density at radius 2 is 1.79 bits per heavy atom. The third kappa shape index (κ3) is 4.39. The summed E-state index contributed by atoms with van der Waals surface area (Å²) in [6.45, 7) is 6.28. The Labute approximate surface area is 165 Å². The zero-order chi connectivity index (χ0) is 20.5. The Balaban J connectivity index is 1.69. The first-order chi connectivity index (χ1) is 13.2. The van der Waals surface area contributed by atoms with Crippen molar-refractivity contribution in [3.63, 3.8) is 0 Å². The van der Waals surface area contributed by atoms with E-state index in [2.05, 4.69) is 0 Å². The maximum atomic E-state index is 12.9. The molecule has 0 aliphatic carbocycles. The van der Waals surface area contributed by atoms with Crippen LogP contribution in [-0.2, 0) is 17.1 Å². The Bertz CT molecular complexity index is 996. The number of hydrogen-bond acceptors (Lipinski definition) is 5. The monoisotopic (exact) mass is 406 g/mol. The number of sulfonamides is 1. The van der Waals surface area contributed by atoms with Crippen molar-refractivity contribution in [2.45, 2.75) is 44.3 Å². The first kappa shape index (κ1) is 20.4. The molecule has 0 bridgehead atoms. The van der Waals surface area contributed by atoms with E-state index in [4.69, 9.17) is 9.47 Å². The molecule has 1 aliphatic heterocycles. The molecule has 1 atom stereocenters. The minimum atomic E-state index is -3.60. The molecule has 2 aromatic rings. The predicted molar refractivity (Wildman–Crippen MR) is 106 cm³/mol. The highest BCUT2D eigenvalue weighted by Gasteiger charge is 2.33. The quantitative estimate of drug-likeness (QED) is 0.736. The van der Waals surface area contributed by atoms with E-state index in [0.717, 1.165) is 5.69 Å². The number of pyridine rings is 1. The van der Waals surface area contributed by atoms with Crippen molar-refractivity contribution in [1.82, 2.24) is 8.87 Å². The van der Waals surface area contributed by atoms with E-state index < -0.39 is 10.0 Å². The van der Waals surface area contributed by atoms with Crippen LogP contribution in [0.3, 0.4) is 0 Å². The number of hydrogen-bond donors (Lipinski definition) is 0. The van der Waals surface area contributed by atoms with Crippen LogP contribution < -0.4 is 15.0 Å². The van der Waals surface area contributed by atoms with E-state index in [1.807, 2.05) is 20.8 Å². The second-order valence-electron chi connectivity index (χ2n) is 7.26. The molecule has 1 aromatic carbocycles. The lowest BCUT2D eigenvalue weighted by molar-refractivity contribution is 0.214. The third-order valence-corrected chi connectivity index (χ3v) is 6.60.